The molecule has 1 aliphatic rings. The van der Waals surface area contributed by atoms with Gasteiger partial charge in [-0.05, 0) is 30.5 Å². The highest BCUT2D eigenvalue weighted by Gasteiger charge is 2.12. The zero-order valence-corrected chi connectivity index (χ0v) is 10.3. The lowest BCUT2D eigenvalue weighted by Gasteiger charge is -2.04. The summed E-state index contributed by atoms with van der Waals surface area (Å²) in [5.74, 6) is 0.744. The fourth-order valence-corrected chi connectivity index (χ4v) is 1.86. The van der Waals surface area contributed by atoms with Crippen LogP contribution in [-0.4, -0.2) is 17.9 Å². The first-order chi connectivity index (χ1) is 8.69. The van der Waals surface area contributed by atoms with Crippen molar-refractivity contribution in [1.29, 1.82) is 0 Å². The summed E-state index contributed by atoms with van der Waals surface area (Å²) in [5, 5.41) is 8.69. The summed E-state index contributed by atoms with van der Waals surface area (Å²) in [6.45, 7) is 2.29. The van der Waals surface area contributed by atoms with Gasteiger partial charge in [0, 0.05) is 6.42 Å². The first-order valence-electron chi connectivity index (χ1n) is 6.00. The molecule has 0 aromatic heterocycles. The average molecular weight is 248 g/mol. The molecule has 4 nitrogen and oxygen atoms in total. The van der Waals surface area contributed by atoms with E-state index in [-0.39, 0.29) is 13.2 Å². The molecule has 0 bridgehead atoms. The van der Waals surface area contributed by atoms with Gasteiger partial charge in [-0.1, -0.05) is 24.6 Å². The van der Waals surface area contributed by atoms with Crippen molar-refractivity contribution in [3.05, 3.63) is 29.3 Å². The van der Waals surface area contributed by atoms with E-state index in [1.807, 2.05) is 31.2 Å². The second kappa shape index (κ2) is 5.58. The summed E-state index contributed by atoms with van der Waals surface area (Å²) in [5.41, 5.74) is 2.14. The number of ether oxygens (including phenoxy) is 2. The monoisotopic (exact) mass is 248 g/mol. The summed E-state index contributed by atoms with van der Waals surface area (Å²) < 4.78 is 10.5. The number of hydrogen-bond donors (Lipinski definition) is 1. The Morgan fingerprint density at radius 2 is 2.11 bits per heavy atom. The molecule has 4 heteroatoms. The Bertz CT molecular complexity index is 477. The molecule has 1 aliphatic heterocycles. The summed E-state index contributed by atoms with van der Waals surface area (Å²) in [6, 6.07) is 5.74. The zero-order chi connectivity index (χ0) is 13.0. The van der Waals surface area contributed by atoms with Gasteiger partial charge in [-0.25, -0.2) is 0 Å². The van der Waals surface area contributed by atoms with E-state index in [0.29, 0.717) is 6.42 Å². The van der Waals surface area contributed by atoms with Gasteiger partial charge in [0.2, 0.25) is 6.79 Å². The first kappa shape index (κ1) is 12.5. The Hall–Kier alpha value is -1.97. The number of allylic oxidation sites excluding steroid dienone is 1. The maximum absolute atomic E-state index is 10.6. The Balaban J connectivity index is 2.12. The molecule has 0 radical (unpaired) electrons. The Morgan fingerprint density at radius 3 is 2.83 bits per heavy atom. The number of hydrogen-bond acceptors (Lipinski definition) is 3. The van der Waals surface area contributed by atoms with Crippen LogP contribution in [0.1, 0.15) is 31.7 Å². The molecule has 0 spiro atoms. The van der Waals surface area contributed by atoms with Gasteiger partial charge in [-0.3, -0.25) is 4.79 Å². The van der Waals surface area contributed by atoms with Crippen LogP contribution in [0.2, 0.25) is 0 Å². The van der Waals surface area contributed by atoms with E-state index >= 15 is 0 Å². The molecule has 96 valence electrons. The van der Waals surface area contributed by atoms with Crippen LogP contribution >= 0.6 is 0 Å². The molecule has 0 unspecified atom stereocenters. The van der Waals surface area contributed by atoms with Crippen LogP contribution in [0.25, 0.3) is 6.08 Å². The van der Waals surface area contributed by atoms with Crippen LogP contribution in [0.3, 0.4) is 0 Å². The fraction of sp³-hybridized carbons (Fsp3) is 0.357. The zero-order valence-electron chi connectivity index (χ0n) is 10.3. The quantitative estimate of drug-likeness (QED) is 0.870. The third-order valence-corrected chi connectivity index (χ3v) is 2.88. The van der Waals surface area contributed by atoms with E-state index in [2.05, 4.69) is 0 Å². The third kappa shape index (κ3) is 3.03. The Labute approximate surface area is 106 Å². The minimum absolute atomic E-state index is 0.171. The summed E-state index contributed by atoms with van der Waals surface area (Å²) >= 11 is 0. The number of carbonyl (C=O) groups is 1. The number of carboxylic acid groups (broad SMARTS) is 1. The van der Waals surface area contributed by atoms with Gasteiger partial charge < -0.3 is 14.6 Å². The minimum atomic E-state index is -0.764. The number of carboxylic acids is 1. The molecular weight excluding hydrogens is 232 g/mol. The van der Waals surface area contributed by atoms with E-state index in [4.69, 9.17) is 14.6 Å². The fourth-order valence-electron chi connectivity index (χ4n) is 1.86. The molecule has 0 saturated carbocycles. The lowest BCUT2D eigenvalue weighted by Crippen LogP contribution is -1.95. The van der Waals surface area contributed by atoms with Crippen LogP contribution in [0.4, 0.5) is 0 Å². The van der Waals surface area contributed by atoms with Crippen molar-refractivity contribution in [2.24, 2.45) is 0 Å². The molecule has 0 aliphatic carbocycles. The highest BCUT2D eigenvalue weighted by Crippen LogP contribution is 2.33. The van der Waals surface area contributed by atoms with Gasteiger partial charge in [-0.2, -0.15) is 0 Å². The molecule has 0 fully saturated rings. The molecular formula is C14H16O4. The molecule has 2 rings (SSSR count). The molecule has 1 N–H and O–H groups in total. The maximum atomic E-state index is 10.6. The minimum Gasteiger partial charge on any atom is -0.481 e. The molecule has 1 aromatic carbocycles. The number of fused-ring (bicyclic) bond motifs is 1. The van der Waals surface area contributed by atoms with E-state index in [1.54, 1.807) is 0 Å². The van der Waals surface area contributed by atoms with Crippen LogP contribution < -0.4 is 9.47 Å². The highest BCUT2D eigenvalue weighted by molar-refractivity contribution is 5.67. The van der Waals surface area contributed by atoms with Crippen LogP contribution in [0.15, 0.2) is 23.8 Å². The van der Waals surface area contributed by atoms with E-state index < -0.39 is 5.97 Å². The van der Waals surface area contributed by atoms with Crippen LogP contribution in [0.5, 0.6) is 11.5 Å². The number of rotatable bonds is 5. The van der Waals surface area contributed by atoms with Crippen molar-refractivity contribution in [3.63, 3.8) is 0 Å². The van der Waals surface area contributed by atoms with Crippen molar-refractivity contribution in [2.75, 3.05) is 6.79 Å². The van der Waals surface area contributed by atoms with Gasteiger partial charge in [0.15, 0.2) is 11.5 Å². The second-order valence-electron chi connectivity index (χ2n) is 4.16. The highest BCUT2D eigenvalue weighted by atomic mass is 16.7. The Kier molecular flexibility index (Phi) is 3.87. The third-order valence-electron chi connectivity index (χ3n) is 2.88. The van der Waals surface area contributed by atoms with Gasteiger partial charge in [0.25, 0.3) is 0 Å². The van der Waals surface area contributed by atoms with Gasteiger partial charge in [-0.15, -0.1) is 0 Å². The first-order valence-corrected chi connectivity index (χ1v) is 6.00. The summed E-state index contributed by atoms with van der Waals surface area (Å²) in [6.07, 6.45) is 3.62. The number of benzene rings is 1. The van der Waals surface area contributed by atoms with Crippen molar-refractivity contribution in [3.8, 4) is 11.5 Å². The standard InChI is InChI=1S/C14H16O4/c1-2-10(4-6-14(15)16)7-11-3-5-12-13(8-11)18-9-17-12/h3,5,7-8H,2,4,6,9H2,1H3,(H,15,16). The SMILES string of the molecule is CCC(=Cc1ccc2c(c1)OCO2)CCC(=O)O. The normalized spacial score (nSPS) is 13.7. The lowest BCUT2D eigenvalue weighted by atomic mass is 10.0. The van der Waals surface area contributed by atoms with Crippen LogP contribution in [-0.2, 0) is 4.79 Å². The summed E-state index contributed by atoms with van der Waals surface area (Å²) in [4.78, 5) is 10.6. The van der Waals surface area contributed by atoms with Gasteiger partial charge in [0.1, 0.15) is 0 Å². The van der Waals surface area contributed by atoms with E-state index in [0.717, 1.165) is 29.1 Å². The van der Waals surface area contributed by atoms with E-state index in [1.165, 1.54) is 0 Å². The van der Waals surface area contributed by atoms with Crippen molar-refractivity contribution in [1.82, 2.24) is 0 Å². The predicted octanol–water partition coefficient (Wildman–Crippen LogP) is 3.07. The lowest BCUT2D eigenvalue weighted by molar-refractivity contribution is -0.136. The largest absolute Gasteiger partial charge is 0.481 e. The molecule has 0 saturated heterocycles. The van der Waals surface area contributed by atoms with Gasteiger partial charge >= 0.3 is 5.97 Å². The second-order valence-corrected chi connectivity index (χ2v) is 4.16. The summed E-state index contributed by atoms with van der Waals surface area (Å²) in [7, 11) is 0. The molecule has 0 amide bonds. The Morgan fingerprint density at radius 1 is 1.33 bits per heavy atom. The predicted molar refractivity (Wildman–Crippen MR) is 67.7 cm³/mol. The molecule has 18 heavy (non-hydrogen) atoms. The number of aliphatic carboxylic acids is 1. The molecule has 1 heterocycles. The topological polar surface area (TPSA) is 55.8 Å². The van der Waals surface area contributed by atoms with Crippen molar-refractivity contribution < 1.29 is 19.4 Å². The molecule has 1 aromatic rings. The van der Waals surface area contributed by atoms with Crippen LogP contribution in [0, 0.1) is 0 Å². The molecule has 0 atom stereocenters. The van der Waals surface area contributed by atoms with E-state index in [9.17, 15) is 4.79 Å². The smallest absolute Gasteiger partial charge is 0.303 e. The average Bonchev–Trinajstić information content (AvgIpc) is 2.81. The van der Waals surface area contributed by atoms with Crippen molar-refractivity contribution in [2.45, 2.75) is 26.2 Å². The van der Waals surface area contributed by atoms with Crippen molar-refractivity contribution >= 4 is 12.0 Å². The van der Waals surface area contributed by atoms with Gasteiger partial charge in [0.05, 0.1) is 0 Å². The maximum Gasteiger partial charge on any atom is 0.303 e.